The Hall–Kier alpha value is -4.07. The average Bonchev–Trinajstić information content (AvgIpc) is 3.18. The molecule has 2 heterocycles. The van der Waals surface area contributed by atoms with E-state index in [1.54, 1.807) is 24.3 Å². The third-order valence-electron chi connectivity index (χ3n) is 3.70. The minimum Gasteiger partial charge on any atom is -0.439 e. The van der Waals surface area contributed by atoms with E-state index in [9.17, 15) is 9.18 Å². The Morgan fingerprint density at radius 1 is 0.964 bits per heavy atom. The van der Waals surface area contributed by atoms with E-state index in [1.165, 1.54) is 30.5 Å². The second-order valence-corrected chi connectivity index (χ2v) is 5.67. The van der Waals surface area contributed by atoms with Crippen molar-refractivity contribution in [3.05, 3.63) is 84.3 Å². The highest BCUT2D eigenvalue weighted by molar-refractivity contribution is 6.02. The first kappa shape index (κ1) is 17.3. The summed E-state index contributed by atoms with van der Waals surface area (Å²) in [7, 11) is 0. The Labute approximate surface area is 158 Å². The Balaban J connectivity index is 1.42. The Kier molecular flexibility index (Phi) is 4.75. The number of rotatable bonds is 5. The number of anilines is 1. The first-order valence-corrected chi connectivity index (χ1v) is 8.27. The van der Waals surface area contributed by atoms with Gasteiger partial charge in [-0.25, -0.2) is 9.37 Å². The molecule has 2 aromatic carbocycles. The molecule has 8 heteroatoms. The quantitative estimate of drug-likeness (QED) is 0.558. The Morgan fingerprint density at radius 3 is 2.46 bits per heavy atom. The molecular formula is C20H13FN4O3. The first-order valence-electron chi connectivity index (χ1n) is 8.27. The fourth-order valence-corrected chi connectivity index (χ4v) is 2.34. The van der Waals surface area contributed by atoms with E-state index in [4.69, 9.17) is 9.15 Å². The van der Waals surface area contributed by atoms with Crippen LogP contribution in [0.25, 0.3) is 11.5 Å². The lowest BCUT2D eigenvalue weighted by molar-refractivity contribution is 0.102. The Morgan fingerprint density at radius 2 is 1.75 bits per heavy atom. The minimum atomic E-state index is -0.465. The summed E-state index contributed by atoms with van der Waals surface area (Å²) < 4.78 is 23.9. The molecule has 0 aliphatic rings. The van der Waals surface area contributed by atoms with Crippen molar-refractivity contribution in [2.24, 2.45) is 0 Å². The van der Waals surface area contributed by atoms with E-state index in [-0.39, 0.29) is 17.7 Å². The third kappa shape index (κ3) is 4.01. The van der Waals surface area contributed by atoms with Crippen LogP contribution < -0.4 is 10.1 Å². The molecule has 0 saturated heterocycles. The van der Waals surface area contributed by atoms with Gasteiger partial charge in [0.05, 0.1) is 5.56 Å². The van der Waals surface area contributed by atoms with Crippen LogP contribution in [0.3, 0.4) is 0 Å². The molecule has 7 nitrogen and oxygen atoms in total. The van der Waals surface area contributed by atoms with Gasteiger partial charge < -0.3 is 9.15 Å². The molecule has 0 bridgehead atoms. The maximum atomic E-state index is 13.0. The zero-order chi connectivity index (χ0) is 19.3. The van der Waals surface area contributed by atoms with E-state index >= 15 is 0 Å². The number of aromatic nitrogens is 3. The fourth-order valence-electron chi connectivity index (χ4n) is 2.34. The highest BCUT2D eigenvalue weighted by Gasteiger charge is 2.13. The standard InChI is InChI=1S/C20H13FN4O3/c21-15-9-6-13(7-10-15)19-24-25-20(28-19)23-18(26)14-8-11-17(22-12-14)27-16-4-2-1-3-5-16/h1-12H,(H,23,25,26). The van der Waals surface area contributed by atoms with E-state index in [1.807, 2.05) is 18.2 Å². The van der Waals surface area contributed by atoms with Crippen molar-refractivity contribution in [1.29, 1.82) is 0 Å². The largest absolute Gasteiger partial charge is 0.439 e. The number of carbonyl (C=O) groups is 1. The molecule has 4 rings (SSSR count). The zero-order valence-electron chi connectivity index (χ0n) is 14.4. The number of nitrogens with zero attached hydrogens (tertiary/aromatic N) is 3. The molecule has 28 heavy (non-hydrogen) atoms. The van der Waals surface area contributed by atoms with Gasteiger partial charge in [-0.15, -0.1) is 5.10 Å². The van der Waals surface area contributed by atoms with Gasteiger partial charge in [0.1, 0.15) is 11.6 Å². The molecule has 0 aliphatic carbocycles. The lowest BCUT2D eigenvalue weighted by Gasteiger charge is -2.05. The normalized spacial score (nSPS) is 10.5. The number of halogens is 1. The molecule has 2 aromatic heterocycles. The number of pyridine rings is 1. The minimum absolute atomic E-state index is 0.0751. The van der Waals surface area contributed by atoms with Crippen LogP contribution in [0.4, 0.5) is 10.4 Å². The monoisotopic (exact) mass is 376 g/mol. The van der Waals surface area contributed by atoms with Crippen LogP contribution in [0.15, 0.2) is 77.3 Å². The van der Waals surface area contributed by atoms with Crippen molar-refractivity contribution in [3.63, 3.8) is 0 Å². The van der Waals surface area contributed by atoms with Crippen molar-refractivity contribution in [1.82, 2.24) is 15.2 Å². The summed E-state index contributed by atoms with van der Waals surface area (Å²) in [6, 6.07) is 17.8. The summed E-state index contributed by atoms with van der Waals surface area (Å²) in [6.07, 6.45) is 1.38. The van der Waals surface area contributed by atoms with Crippen LogP contribution in [0.1, 0.15) is 10.4 Å². The van der Waals surface area contributed by atoms with Gasteiger partial charge in [0.2, 0.25) is 11.8 Å². The van der Waals surface area contributed by atoms with Crippen LogP contribution >= 0.6 is 0 Å². The molecule has 0 spiro atoms. The van der Waals surface area contributed by atoms with Crippen molar-refractivity contribution in [2.45, 2.75) is 0 Å². The van der Waals surface area contributed by atoms with Crippen molar-refractivity contribution < 1.29 is 18.3 Å². The van der Waals surface area contributed by atoms with Crippen LogP contribution in [0.5, 0.6) is 11.6 Å². The van der Waals surface area contributed by atoms with Gasteiger partial charge in [-0.2, -0.15) is 0 Å². The van der Waals surface area contributed by atoms with Gasteiger partial charge in [0.25, 0.3) is 5.91 Å². The molecule has 1 amide bonds. The highest BCUT2D eigenvalue weighted by Crippen LogP contribution is 2.21. The molecule has 0 radical (unpaired) electrons. The number of nitrogens with one attached hydrogen (secondary N) is 1. The van der Waals surface area contributed by atoms with Gasteiger partial charge >= 0.3 is 6.01 Å². The van der Waals surface area contributed by atoms with Crippen molar-refractivity contribution >= 4 is 11.9 Å². The van der Waals surface area contributed by atoms with Crippen LogP contribution in [0, 0.1) is 5.82 Å². The number of ether oxygens (including phenoxy) is 1. The van der Waals surface area contributed by atoms with Gasteiger partial charge in [0.15, 0.2) is 0 Å². The van der Waals surface area contributed by atoms with Crippen LogP contribution in [-0.4, -0.2) is 21.1 Å². The first-order chi connectivity index (χ1) is 13.7. The number of hydrogen-bond donors (Lipinski definition) is 1. The second kappa shape index (κ2) is 7.67. The Bertz CT molecular complexity index is 1080. The summed E-state index contributed by atoms with van der Waals surface area (Å²) in [5.41, 5.74) is 0.834. The smallest absolute Gasteiger partial charge is 0.322 e. The number of carbonyl (C=O) groups excluding carboxylic acids is 1. The molecule has 0 unspecified atom stereocenters. The molecule has 4 aromatic rings. The summed E-state index contributed by atoms with van der Waals surface area (Å²) in [4.78, 5) is 16.4. The maximum absolute atomic E-state index is 13.0. The summed E-state index contributed by atoms with van der Waals surface area (Å²) in [5.74, 6) is 0.336. The van der Waals surface area contributed by atoms with Gasteiger partial charge in [-0.1, -0.05) is 23.3 Å². The lowest BCUT2D eigenvalue weighted by atomic mass is 10.2. The molecule has 0 saturated carbocycles. The maximum Gasteiger partial charge on any atom is 0.322 e. The predicted molar refractivity (Wildman–Crippen MR) is 98.4 cm³/mol. The van der Waals surface area contributed by atoms with Crippen LogP contribution in [0.2, 0.25) is 0 Å². The molecule has 138 valence electrons. The highest BCUT2D eigenvalue weighted by atomic mass is 19.1. The number of para-hydroxylation sites is 1. The number of hydrogen-bond acceptors (Lipinski definition) is 6. The average molecular weight is 376 g/mol. The molecular weight excluding hydrogens is 363 g/mol. The molecule has 1 N–H and O–H groups in total. The molecule has 0 atom stereocenters. The fraction of sp³-hybridized carbons (Fsp3) is 0. The number of benzene rings is 2. The van der Waals surface area contributed by atoms with Crippen molar-refractivity contribution in [3.8, 4) is 23.1 Å². The predicted octanol–water partition coefficient (Wildman–Crippen LogP) is 4.32. The van der Waals surface area contributed by atoms with Gasteiger partial charge in [-0.05, 0) is 42.5 Å². The van der Waals surface area contributed by atoms with Gasteiger partial charge in [-0.3, -0.25) is 10.1 Å². The van der Waals surface area contributed by atoms with E-state index in [0.29, 0.717) is 22.8 Å². The molecule has 0 aliphatic heterocycles. The third-order valence-corrected chi connectivity index (χ3v) is 3.70. The van der Waals surface area contributed by atoms with E-state index in [2.05, 4.69) is 20.5 Å². The van der Waals surface area contributed by atoms with Gasteiger partial charge in [0, 0.05) is 17.8 Å². The SMILES string of the molecule is O=C(Nc1nnc(-c2ccc(F)cc2)o1)c1ccc(Oc2ccccc2)nc1. The lowest BCUT2D eigenvalue weighted by Crippen LogP contribution is -2.12. The summed E-state index contributed by atoms with van der Waals surface area (Å²) in [6.45, 7) is 0. The number of amides is 1. The summed E-state index contributed by atoms with van der Waals surface area (Å²) in [5, 5.41) is 10.1. The topological polar surface area (TPSA) is 90.1 Å². The second-order valence-electron chi connectivity index (χ2n) is 5.67. The molecule has 0 fully saturated rings. The summed E-state index contributed by atoms with van der Waals surface area (Å²) >= 11 is 0. The van der Waals surface area contributed by atoms with Crippen LogP contribution in [-0.2, 0) is 0 Å². The van der Waals surface area contributed by atoms with Crippen molar-refractivity contribution in [2.75, 3.05) is 5.32 Å². The zero-order valence-corrected chi connectivity index (χ0v) is 14.4. The van der Waals surface area contributed by atoms with E-state index in [0.717, 1.165) is 0 Å². The van der Waals surface area contributed by atoms with E-state index < -0.39 is 5.91 Å².